The van der Waals surface area contributed by atoms with Gasteiger partial charge in [-0.1, -0.05) is 18.2 Å². The number of methoxy groups -OCH3 is 1. The fourth-order valence-corrected chi connectivity index (χ4v) is 2.61. The number of aliphatic hydroxyl groups excluding tert-OH is 1. The van der Waals surface area contributed by atoms with Gasteiger partial charge in [-0.3, -0.25) is 9.59 Å². The number of halogens is 1. The Morgan fingerprint density at radius 3 is 2.42 bits per heavy atom. The van der Waals surface area contributed by atoms with Crippen LogP contribution >= 0.6 is 0 Å². The molecule has 1 heterocycles. The normalized spacial score (nSPS) is 19.2. The molecule has 0 saturated carbocycles. The number of amides is 1. The minimum Gasteiger partial charge on any atom is -0.507 e. The largest absolute Gasteiger partial charge is 0.507 e. The van der Waals surface area contributed by atoms with Crippen molar-refractivity contribution in [3.63, 3.8) is 0 Å². The first-order chi connectivity index (χ1) is 11.5. The zero-order valence-corrected chi connectivity index (χ0v) is 12.7. The van der Waals surface area contributed by atoms with Crippen LogP contribution < -0.4 is 10.1 Å². The maximum Gasteiger partial charge on any atom is 0.293 e. The van der Waals surface area contributed by atoms with Gasteiger partial charge in [-0.15, -0.1) is 0 Å². The number of ether oxygens (including phenoxy) is 1. The molecule has 1 aliphatic rings. The minimum atomic E-state index is -1.03. The van der Waals surface area contributed by atoms with Crippen molar-refractivity contribution < 1.29 is 23.8 Å². The molecule has 2 aromatic carbocycles. The van der Waals surface area contributed by atoms with E-state index in [4.69, 9.17) is 4.74 Å². The molecule has 1 aliphatic heterocycles. The summed E-state index contributed by atoms with van der Waals surface area (Å²) in [5.41, 5.74) is 0.277. The lowest BCUT2D eigenvalue weighted by atomic mass is 9.95. The number of ketones is 1. The van der Waals surface area contributed by atoms with Gasteiger partial charge in [-0.25, -0.2) is 4.39 Å². The molecule has 1 unspecified atom stereocenters. The summed E-state index contributed by atoms with van der Waals surface area (Å²) in [5.74, 6) is -2.11. The monoisotopic (exact) mass is 327 g/mol. The van der Waals surface area contributed by atoms with Crippen molar-refractivity contribution in [1.29, 1.82) is 0 Å². The Morgan fingerprint density at radius 2 is 1.79 bits per heavy atom. The molecule has 6 heteroatoms. The lowest BCUT2D eigenvalue weighted by Crippen LogP contribution is -2.21. The summed E-state index contributed by atoms with van der Waals surface area (Å²) in [6.45, 7) is 0. The van der Waals surface area contributed by atoms with E-state index in [1.165, 1.54) is 25.3 Å². The molecular weight excluding hydrogens is 313 g/mol. The highest BCUT2D eigenvalue weighted by molar-refractivity contribution is 6.46. The highest BCUT2D eigenvalue weighted by Crippen LogP contribution is 2.34. The first-order valence-electron chi connectivity index (χ1n) is 7.20. The highest BCUT2D eigenvalue weighted by atomic mass is 19.1. The van der Waals surface area contributed by atoms with Crippen LogP contribution in [0.5, 0.6) is 5.75 Å². The van der Waals surface area contributed by atoms with Crippen LogP contribution in [0.2, 0.25) is 0 Å². The van der Waals surface area contributed by atoms with E-state index in [1.54, 1.807) is 30.3 Å². The van der Waals surface area contributed by atoms with Gasteiger partial charge in [0.2, 0.25) is 0 Å². The van der Waals surface area contributed by atoms with E-state index < -0.39 is 23.5 Å². The van der Waals surface area contributed by atoms with Crippen LogP contribution in [0.4, 0.5) is 4.39 Å². The highest BCUT2D eigenvalue weighted by Gasteiger charge is 2.40. The average Bonchev–Trinajstić information content (AvgIpc) is 2.90. The molecule has 1 fully saturated rings. The summed E-state index contributed by atoms with van der Waals surface area (Å²) in [7, 11) is 1.50. The molecule has 0 spiro atoms. The predicted molar refractivity (Wildman–Crippen MR) is 84.8 cm³/mol. The van der Waals surface area contributed by atoms with E-state index in [0.717, 1.165) is 0 Å². The summed E-state index contributed by atoms with van der Waals surface area (Å²) in [5, 5.41) is 12.9. The van der Waals surface area contributed by atoms with Gasteiger partial charge in [0.15, 0.2) is 0 Å². The van der Waals surface area contributed by atoms with Crippen LogP contribution in [-0.4, -0.2) is 23.9 Å². The summed E-state index contributed by atoms with van der Waals surface area (Å²) in [6.07, 6.45) is 0. The summed E-state index contributed by atoms with van der Waals surface area (Å²) in [4.78, 5) is 23.9. The van der Waals surface area contributed by atoms with Gasteiger partial charge in [-0.2, -0.15) is 0 Å². The van der Waals surface area contributed by atoms with Crippen molar-refractivity contribution in [2.24, 2.45) is 0 Å². The van der Waals surface area contributed by atoms with Crippen molar-refractivity contribution in [1.82, 2.24) is 5.32 Å². The van der Waals surface area contributed by atoms with Crippen LogP contribution in [0.25, 0.3) is 5.76 Å². The second kappa shape index (κ2) is 6.16. The lowest BCUT2D eigenvalue weighted by molar-refractivity contribution is -0.133. The molecule has 2 N–H and O–H groups in total. The topological polar surface area (TPSA) is 75.6 Å². The number of hydrogen-bond donors (Lipinski definition) is 2. The van der Waals surface area contributed by atoms with Gasteiger partial charge >= 0.3 is 0 Å². The second-order valence-corrected chi connectivity index (χ2v) is 5.25. The Kier molecular flexibility index (Phi) is 4.04. The van der Waals surface area contributed by atoms with Gasteiger partial charge in [0.25, 0.3) is 11.7 Å². The van der Waals surface area contributed by atoms with Crippen molar-refractivity contribution in [3.8, 4) is 5.75 Å². The predicted octanol–water partition coefficient (Wildman–Crippen LogP) is 2.54. The Balaban J connectivity index is 2.11. The van der Waals surface area contributed by atoms with Crippen molar-refractivity contribution in [2.75, 3.05) is 7.11 Å². The van der Waals surface area contributed by atoms with Crippen LogP contribution in [0.3, 0.4) is 0 Å². The van der Waals surface area contributed by atoms with E-state index in [0.29, 0.717) is 11.3 Å². The van der Waals surface area contributed by atoms with Gasteiger partial charge in [0.05, 0.1) is 18.7 Å². The molecule has 24 heavy (non-hydrogen) atoms. The Morgan fingerprint density at radius 1 is 1.12 bits per heavy atom. The summed E-state index contributed by atoms with van der Waals surface area (Å²) >= 11 is 0. The molecule has 1 saturated heterocycles. The Hall–Kier alpha value is -3.15. The van der Waals surface area contributed by atoms with Gasteiger partial charge in [0.1, 0.15) is 17.3 Å². The molecule has 0 aliphatic carbocycles. The number of rotatable bonds is 3. The molecule has 3 rings (SSSR count). The van der Waals surface area contributed by atoms with Crippen molar-refractivity contribution >= 4 is 17.4 Å². The maximum absolute atomic E-state index is 14.1. The lowest BCUT2D eigenvalue weighted by Gasteiger charge is -2.14. The summed E-state index contributed by atoms with van der Waals surface area (Å²) in [6, 6.07) is 11.1. The van der Waals surface area contributed by atoms with Crippen LogP contribution in [0.15, 0.2) is 54.1 Å². The quantitative estimate of drug-likeness (QED) is 0.516. The zero-order valence-electron chi connectivity index (χ0n) is 12.7. The number of carbonyl (C=O) groups is 2. The van der Waals surface area contributed by atoms with E-state index in [1.807, 2.05) is 0 Å². The molecule has 5 nitrogen and oxygen atoms in total. The van der Waals surface area contributed by atoms with Crippen LogP contribution in [-0.2, 0) is 9.59 Å². The van der Waals surface area contributed by atoms with Crippen molar-refractivity contribution in [3.05, 3.63) is 71.0 Å². The zero-order chi connectivity index (χ0) is 17.3. The SMILES string of the molecule is COc1ccc(/C(O)=C2\C(=O)C(=O)NC2c2ccccc2F)cc1. The molecule has 2 aromatic rings. The molecule has 1 amide bonds. The number of Topliss-reactive ketones (excluding diaryl/α,β-unsaturated/α-hetero) is 1. The standard InChI is InChI=1S/C18H14FNO4/c1-24-11-8-6-10(7-9-11)16(21)14-15(20-18(23)17(14)22)12-4-2-3-5-13(12)19/h2-9,15,21H,1H3,(H,20,23)/b16-14+. The fourth-order valence-electron chi connectivity index (χ4n) is 2.61. The molecule has 1 atom stereocenters. The molecule has 0 bridgehead atoms. The molecule has 0 radical (unpaired) electrons. The number of aliphatic hydroxyl groups is 1. The minimum absolute atomic E-state index is 0.117. The van der Waals surface area contributed by atoms with Gasteiger partial charge in [-0.05, 0) is 30.3 Å². The number of carbonyl (C=O) groups excluding carboxylic acids is 2. The molecule has 122 valence electrons. The molecule has 0 aromatic heterocycles. The Labute approximate surface area is 137 Å². The average molecular weight is 327 g/mol. The van der Waals surface area contributed by atoms with Crippen LogP contribution in [0.1, 0.15) is 17.2 Å². The third-order valence-electron chi connectivity index (χ3n) is 3.85. The number of benzene rings is 2. The fraction of sp³-hybridized carbons (Fsp3) is 0.111. The van der Waals surface area contributed by atoms with Gasteiger partial charge in [0, 0.05) is 11.1 Å². The summed E-state index contributed by atoms with van der Waals surface area (Å²) < 4.78 is 19.1. The smallest absolute Gasteiger partial charge is 0.293 e. The van der Waals surface area contributed by atoms with Crippen LogP contribution in [0, 0.1) is 5.82 Å². The third-order valence-corrected chi connectivity index (χ3v) is 3.85. The van der Waals surface area contributed by atoms with E-state index in [-0.39, 0.29) is 16.9 Å². The van der Waals surface area contributed by atoms with Crippen molar-refractivity contribution in [2.45, 2.75) is 6.04 Å². The molecular formula is C18H14FNO4. The van der Waals surface area contributed by atoms with Gasteiger partial charge < -0.3 is 15.2 Å². The first-order valence-corrected chi connectivity index (χ1v) is 7.20. The number of nitrogens with one attached hydrogen (secondary N) is 1. The second-order valence-electron chi connectivity index (χ2n) is 5.25. The van der Waals surface area contributed by atoms with E-state index in [9.17, 15) is 19.1 Å². The number of hydrogen-bond acceptors (Lipinski definition) is 4. The van der Waals surface area contributed by atoms with E-state index >= 15 is 0 Å². The maximum atomic E-state index is 14.1. The third kappa shape index (κ3) is 2.62. The Bertz CT molecular complexity index is 842. The van der Waals surface area contributed by atoms with E-state index in [2.05, 4.69) is 5.32 Å². The first kappa shape index (κ1) is 15.7.